The number of hydrogen-bond donors (Lipinski definition) is 0. The van der Waals surface area contributed by atoms with Gasteiger partial charge in [-0.05, 0) is 30.0 Å². The molecule has 154 valence electrons. The fourth-order valence-electron chi connectivity index (χ4n) is 3.59. The molecule has 4 aromatic carbocycles. The number of allylic oxidation sites excluding steroid dienone is 4. The van der Waals surface area contributed by atoms with Gasteiger partial charge in [0.2, 0.25) is 0 Å². The van der Waals surface area contributed by atoms with Crippen molar-refractivity contribution < 1.29 is 17.0 Å². The van der Waals surface area contributed by atoms with E-state index in [2.05, 4.69) is 102 Å². The number of fused-ring (bicyclic) bond motifs is 3. The smallest absolute Gasteiger partial charge is 0.0584 e. The zero-order chi connectivity index (χ0) is 21.5. The number of anilines is 3. The van der Waals surface area contributed by atoms with Gasteiger partial charge in [0.15, 0.2) is 0 Å². The minimum atomic E-state index is -0.556. The van der Waals surface area contributed by atoms with Crippen molar-refractivity contribution >= 4 is 58.2 Å². The molecule has 0 saturated carbocycles. The molecule has 0 saturated heterocycles. The summed E-state index contributed by atoms with van der Waals surface area (Å²) >= 11 is 1.29. The van der Waals surface area contributed by atoms with Crippen LogP contribution in [-0.4, -0.2) is 0 Å². The fourth-order valence-corrected chi connectivity index (χ4v) is 4.64. The van der Waals surface area contributed by atoms with Crippen LogP contribution in [-0.2, 0) is 17.0 Å². The Bertz CT molecular complexity index is 1130. The largest absolute Gasteiger partial charge is 0.327 e. The summed E-state index contributed by atoms with van der Waals surface area (Å²) in [6.07, 6.45) is 10.0. The molecule has 0 atom stereocenters. The maximum Gasteiger partial charge on any atom is 0.0584 e. The van der Waals surface area contributed by atoms with Gasteiger partial charge in [-0.2, -0.15) is 6.08 Å². The molecule has 0 spiro atoms. The summed E-state index contributed by atoms with van der Waals surface area (Å²) < 4.78 is 0. The van der Waals surface area contributed by atoms with Gasteiger partial charge in [-0.3, -0.25) is 6.08 Å². The Hall–Kier alpha value is -1.81. The first kappa shape index (κ1) is 22.4. The summed E-state index contributed by atoms with van der Waals surface area (Å²) in [5.41, 5.74) is 3.74. The molecule has 1 nitrogen and oxygen atoms in total. The summed E-state index contributed by atoms with van der Waals surface area (Å²) in [5.74, 6) is 0. The van der Waals surface area contributed by atoms with Crippen molar-refractivity contribution in [3.05, 3.63) is 109 Å². The van der Waals surface area contributed by atoms with Crippen LogP contribution in [0.15, 0.2) is 113 Å². The first-order valence-corrected chi connectivity index (χ1v) is 14.9. The number of halogens is 2. The summed E-state index contributed by atoms with van der Waals surface area (Å²) in [6, 6.07) is 30.4. The molecular weight excluding hydrogens is 477 g/mol. The van der Waals surface area contributed by atoms with E-state index in [1.54, 1.807) is 0 Å². The second-order valence-electron chi connectivity index (χ2n) is 6.79. The molecule has 0 amide bonds. The number of nitrogens with zero attached hydrogens (tertiary/aromatic N) is 1. The number of rotatable bonds is 1. The van der Waals surface area contributed by atoms with Gasteiger partial charge in [0.05, 0.1) is 11.4 Å². The minimum absolute atomic E-state index is 0.556. The predicted molar refractivity (Wildman–Crippen MR) is 132 cm³/mol. The Morgan fingerprint density at radius 2 is 1.48 bits per heavy atom. The third kappa shape index (κ3) is 5.34. The molecule has 1 aliphatic carbocycles. The molecule has 31 heavy (non-hydrogen) atoms. The van der Waals surface area contributed by atoms with Crippen LogP contribution in [0, 0.1) is 6.08 Å². The molecule has 1 heterocycles. The molecule has 4 aromatic rings. The van der Waals surface area contributed by atoms with Crippen molar-refractivity contribution in [2.24, 2.45) is 0 Å². The monoisotopic (exact) mass is 495 g/mol. The summed E-state index contributed by atoms with van der Waals surface area (Å²) in [7, 11) is 9.78. The van der Waals surface area contributed by atoms with Gasteiger partial charge in [-0.1, -0.05) is 42.1 Å². The van der Waals surface area contributed by atoms with E-state index >= 15 is 0 Å². The molecule has 1 aliphatic heterocycles. The molecule has 0 aromatic heterocycles. The Balaban J connectivity index is 0.000000247. The van der Waals surface area contributed by atoms with E-state index in [0.717, 1.165) is 6.42 Å². The first-order valence-electron chi connectivity index (χ1n) is 9.81. The zero-order valence-electron chi connectivity index (χ0n) is 16.6. The van der Waals surface area contributed by atoms with Gasteiger partial charge in [-0.15, -0.1) is 47.5 Å². The Kier molecular flexibility index (Phi) is 8.07. The van der Waals surface area contributed by atoms with Gasteiger partial charge in [0.25, 0.3) is 0 Å². The van der Waals surface area contributed by atoms with Crippen molar-refractivity contribution in [1.29, 1.82) is 0 Å². The Labute approximate surface area is 204 Å². The van der Waals surface area contributed by atoms with E-state index in [1.165, 1.54) is 37.6 Å². The molecule has 5 heteroatoms. The van der Waals surface area contributed by atoms with E-state index in [9.17, 15) is 0 Å². The summed E-state index contributed by atoms with van der Waals surface area (Å²) in [6.45, 7) is 0. The van der Waals surface area contributed by atoms with Crippen molar-refractivity contribution in [2.45, 2.75) is 16.2 Å². The molecule has 0 unspecified atom stereocenters. The van der Waals surface area contributed by atoms with Crippen LogP contribution in [0.2, 0.25) is 0 Å². The van der Waals surface area contributed by atoms with Gasteiger partial charge >= 0.3 is 35.6 Å². The maximum absolute atomic E-state index is 4.89. The van der Waals surface area contributed by atoms with Crippen molar-refractivity contribution in [3.63, 3.8) is 0 Å². The maximum atomic E-state index is 4.89. The van der Waals surface area contributed by atoms with E-state index in [0.29, 0.717) is 0 Å². The standard InChI is InChI=1S/C21H14NS.C5H5.2ClH.Ti/c1-2-8-16-14-17(13-15(16)7-1)22-18-9-3-5-11-20(18)23-21-12-6-4-10-19(21)22;1-2-4-5-3-1;;;/h1-14H;1-3H,4H2;2*1H;/q2*-1;;;+2/p-2. The van der Waals surface area contributed by atoms with Crippen LogP contribution < -0.4 is 4.90 Å². The van der Waals surface area contributed by atoms with E-state index in [1.807, 2.05) is 23.9 Å². The van der Waals surface area contributed by atoms with Crippen molar-refractivity contribution in [1.82, 2.24) is 0 Å². The van der Waals surface area contributed by atoms with Gasteiger partial charge in [0, 0.05) is 9.79 Å². The number of para-hydroxylation sites is 2. The third-order valence-corrected chi connectivity index (χ3v) is 6.01. The van der Waals surface area contributed by atoms with Crippen LogP contribution in [0.3, 0.4) is 0 Å². The van der Waals surface area contributed by atoms with Crippen molar-refractivity contribution in [3.8, 4) is 0 Å². The zero-order valence-corrected chi connectivity index (χ0v) is 20.5. The summed E-state index contributed by atoms with van der Waals surface area (Å²) in [5, 5.41) is 2.58. The molecule has 2 aliphatic rings. The van der Waals surface area contributed by atoms with Crippen LogP contribution in [0.5, 0.6) is 0 Å². The molecule has 0 N–H and O–H groups in total. The van der Waals surface area contributed by atoms with Crippen molar-refractivity contribution in [2.75, 3.05) is 4.90 Å². The van der Waals surface area contributed by atoms with E-state index in [4.69, 9.17) is 18.6 Å². The molecule has 0 bridgehead atoms. The Morgan fingerprint density at radius 3 is 2.03 bits per heavy atom. The number of benzene rings is 3. The van der Waals surface area contributed by atoms with Gasteiger partial charge in [-0.25, -0.2) is 12.2 Å². The average Bonchev–Trinajstić information content (AvgIpc) is 3.51. The average molecular weight is 496 g/mol. The molecule has 0 fully saturated rings. The topological polar surface area (TPSA) is 3.24 Å². The predicted octanol–water partition coefficient (Wildman–Crippen LogP) is 9.18. The van der Waals surface area contributed by atoms with E-state index < -0.39 is 17.0 Å². The minimum Gasteiger partial charge on any atom is -0.327 e. The van der Waals surface area contributed by atoms with Gasteiger partial charge in [0.1, 0.15) is 0 Å². The molecule has 6 rings (SSSR count). The van der Waals surface area contributed by atoms with Crippen LogP contribution in [0.25, 0.3) is 10.8 Å². The van der Waals surface area contributed by atoms with Gasteiger partial charge < -0.3 is 4.90 Å². The normalized spacial score (nSPS) is 12.9. The van der Waals surface area contributed by atoms with Crippen LogP contribution in [0.1, 0.15) is 6.42 Å². The summed E-state index contributed by atoms with van der Waals surface area (Å²) in [4.78, 5) is 4.98. The second-order valence-corrected chi connectivity index (χ2v) is 10.5. The quantitative estimate of drug-likeness (QED) is 0.168. The van der Waals surface area contributed by atoms with Crippen LogP contribution >= 0.6 is 30.4 Å². The SMILES string of the molecule is [C-]1=CC=CC1.[Cl][Ti][Cl].c1ccc2c(c1)Sc1ccccc1N2c1cc2ccccc2[cH-]1. The number of hydrogen-bond acceptors (Lipinski definition) is 2. The molecule has 0 radical (unpaired) electrons. The Morgan fingerprint density at radius 1 is 0.871 bits per heavy atom. The second kappa shape index (κ2) is 11.2. The third-order valence-electron chi connectivity index (χ3n) is 4.88. The van der Waals surface area contributed by atoms with Crippen LogP contribution in [0.4, 0.5) is 17.1 Å². The first-order chi connectivity index (χ1) is 15.3. The fraction of sp³-hybridized carbons (Fsp3) is 0.0385. The van der Waals surface area contributed by atoms with E-state index in [-0.39, 0.29) is 0 Å². The molecular formula is C26H19Cl2NSTi-2.